The Balaban J connectivity index is 1.22. The lowest BCUT2D eigenvalue weighted by atomic mass is 9.94. The van der Waals surface area contributed by atoms with Crippen LogP contribution < -0.4 is 10.1 Å². The maximum atomic E-state index is 13.5. The van der Waals surface area contributed by atoms with E-state index < -0.39 is 0 Å². The van der Waals surface area contributed by atoms with E-state index in [-0.39, 0.29) is 23.8 Å². The molecule has 1 fully saturated rings. The summed E-state index contributed by atoms with van der Waals surface area (Å²) >= 11 is 1.66. The van der Waals surface area contributed by atoms with Crippen molar-refractivity contribution in [3.8, 4) is 5.75 Å². The molecular weight excluding hydrogens is 462 g/mol. The average molecular weight is 492 g/mol. The number of ether oxygens (including phenoxy) is 1. The highest BCUT2D eigenvalue weighted by molar-refractivity contribution is 7.09. The SMILES string of the molecule is Cc1ncsc1CCn1nc(C(=O)NC2CC2)c2c1CCN(C(=O)C1COc3ccccc3C1)C2. The summed E-state index contributed by atoms with van der Waals surface area (Å²) in [6, 6.07) is 8.17. The Morgan fingerprint density at radius 1 is 1.26 bits per heavy atom. The van der Waals surface area contributed by atoms with E-state index in [1.165, 1.54) is 4.88 Å². The Morgan fingerprint density at radius 2 is 2.11 bits per heavy atom. The molecule has 2 aliphatic heterocycles. The molecule has 182 valence electrons. The van der Waals surface area contributed by atoms with Crippen molar-refractivity contribution in [1.29, 1.82) is 0 Å². The van der Waals surface area contributed by atoms with E-state index in [2.05, 4.69) is 10.3 Å². The van der Waals surface area contributed by atoms with Gasteiger partial charge in [-0.3, -0.25) is 14.3 Å². The minimum absolute atomic E-state index is 0.0896. The van der Waals surface area contributed by atoms with Crippen LogP contribution >= 0.6 is 11.3 Å². The fraction of sp³-hybridized carbons (Fsp3) is 0.462. The fourth-order valence-electron chi connectivity index (χ4n) is 5.05. The largest absolute Gasteiger partial charge is 0.492 e. The molecule has 3 aliphatic rings. The summed E-state index contributed by atoms with van der Waals surface area (Å²) < 4.78 is 7.86. The molecule has 3 aromatic rings. The van der Waals surface area contributed by atoms with E-state index in [4.69, 9.17) is 9.84 Å². The highest BCUT2D eigenvalue weighted by Crippen LogP contribution is 2.30. The highest BCUT2D eigenvalue weighted by atomic mass is 32.1. The van der Waals surface area contributed by atoms with Crippen LogP contribution in [0.2, 0.25) is 0 Å². The summed E-state index contributed by atoms with van der Waals surface area (Å²) in [6.07, 6.45) is 4.24. The summed E-state index contributed by atoms with van der Waals surface area (Å²) in [5, 5.41) is 7.85. The lowest BCUT2D eigenvalue weighted by Gasteiger charge is -2.33. The summed E-state index contributed by atoms with van der Waals surface area (Å²) in [6.45, 7) is 4.15. The number of para-hydroxylation sites is 1. The van der Waals surface area contributed by atoms with E-state index in [1.807, 2.05) is 46.3 Å². The summed E-state index contributed by atoms with van der Waals surface area (Å²) in [5.74, 6) is 0.626. The molecule has 1 saturated carbocycles. The van der Waals surface area contributed by atoms with Crippen LogP contribution in [0.15, 0.2) is 29.8 Å². The van der Waals surface area contributed by atoms with Crippen molar-refractivity contribution < 1.29 is 14.3 Å². The van der Waals surface area contributed by atoms with Gasteiger partial charge in [-0.15, -0.1) is 11.3 Å². The van der Waals surface area contributed by atoms with Crippen LogP contribution in [-0.2, 0) is 37.1 Å². The Bertz CT molecular complexity index is 1280. The van der Waals surface area contributed by atoms with E-state index in [0.717, 1.165) is 47.5 Å². The third-order valence-electron chi connectivity index (χ3n) is 7.20. The minimum atomic E-state index is -0.209. The first-order valence-corrected chi connectivity index (χ1v) is 13.2. The zero-order valence-corrected chi connectivity index (χ0v) is 20.6. The van der Waals surface area contributed by atoms with Gasteiger partial charge in [0.1, 0.15) is 12.4 Å². The van der Waals surface area contributed by atoms with Crippen molar-refractivity contribution in [2.75, 3.05) is 13.2 Å². The van der Waals surface area contributed by atoms with Gasteiger partial charge in [-0.2, -0.15) is 5.10 Å². The molecule has 1 aromatic carbocycles. The van der Waals surface area contributed by atoms with Gasteiger partial charge >= 0.3 is 0 Å². The van der Waals surface area contributed by atoms with Gasteiger partial charge in [-0.25, -0.2) is 4.98 Å². The lowest BCUT2D eigenvalue weighted by Crippen LogP contribution is -2.43. The minimum Gasteiger partial charge on any atom is -0.492 e. The third kappa shape index (κ3) is 4.45. The van der Waals surface area contributed by atoms with Gasteiger partial charge in [0.25, 0.3) is 5.91 Å². The van der Waals surface area contributed by atoms with Crippen molar-refractivity contribution in [2.24, 2.45) is 5.92 Å². The number of thiazole rings is 1. The second-order valence-electron chi connectivity index (χ2n) is 9.69. The molecule has 9 heteroatoms. The number of rotatable bonds is 6. The molecule has 1 unspecified atom stereocenters. The zero-order chi connectivity index (χ0) is 23.9. The molecular formula is C26H29N5O3S. The van der Waals surface area contributed by atoms with Crippen LogP contribution in [-0.4, -0.2) is 50.7 Å². The Labute approximate surface area is 208 Å². The van der Waals surface area contributed by atoms with Crippen molar-refractivity contribution in [3.05, 3.63) is 62.9 Å². The first-order valence-electron chi connectivity index (χ1n) is 12.3. The predicted octanol–water partition coefficient (Wildman–Crippen LogP) is 2.92. The average Bonchev–Trinajstić information content (AvgIpc) is 3.48. The summed E-state index contributed by atoms with van der Waals surface area (Å²) in [4.78, 5) is 34.0. The second kappa shape index (κ2) is 9.11. The van der Waals surface area contributed by atoms with Crippen molar-refractivity contribution >= 4 is 23.2 Å². The number of benzene rings is 1. The van der Waals surface area contributed by atoms with Crippen molar-refractivity contribution in [3.63, 3.8) is 0 Å². The number of carbonyl (C=O) groups is 2. The second-order valence-corrected chi connectivity index (χ2v) is 10.6. The highest BCUT2D eigenvalue weighted by Gasteiger charge is 2.35. The molecule has 0 saturated heterocycles. The number of carbonyl (C=O) groups excluding carboxylic acids is 2. The number of aromatic nitrogens is 3. The predicted molar refractivity (Wildman–Crippen MR) is 132 cm³/mol. The molecule has 35 heavy (non-hydrogen) atoms. The number of amides is 2. The summed E-state index contributed by atoms with van der Waals surface area (Å²) in [7, 11) is 0. The van der Waals surface area contributed by atoms with Gasteiger partial charge in [0.15, 0.2) is 5.69 Å². The number of hydrogen-bond donors (Lipinski definition) is 1. The first kappa shape index (κ1) is 22.3. The van der Waals surface area contributed by atoms with Gasteiger partial charge in [0, 0.05) is 54.7 Å². The molecule has 0 spiro atoms. The van der Waals surface area contributed by atoms with Crippen LogP contribution in [0.3, 0.4) is 0 Å². The maximum absolute atomic E-state index is 13.5. The van der Waals surface area contributed by atoms with Gasteiger partial charge in [-0.1, -0.05) is 18.2 Å². The van der Waals surface area contributed by atoms with E-state index >= 15 is 0 Å². The van der Waals surface area contributed by atoms with Gasteiger partial charge in [0.2, 0.25) is 5.91 Å². The maximum Gasteiger partial charge on any atom is 0.272 e. The molecule has 2 amide bonds. The molecule has 8 nitrogen and oxygen atoms in total. The lowest BCUT2D eigenvalue weighted by molar-refractivity contribution is -0.137. The molecule has 1 atom stereocenters. The monoisotopic (exact) mass is 491 g/mol. The number of nitrogens with one attached hydrogen (secondary N) is 1. The summed E-state index contributed by atoms with van der Waals surface area (Å²) in [5.41, 5.74) is 6.43. The number of aryl methyl sites for hydroxylation is 3. The molecule has 1 N–H and O–H groups in total. The van der Waals surface area contributed by atoms with Crippen LogP contribution in [0.4, 0.5) is 0 Å². The first-order chi connectivity index (χ1) is 17.1. The van der Waals surface area contributed by atoms with E-state index in [1.54, 1.807) is 11.3 Å². The smallest absolute Gasteiger partial charge is 0.272 e. The van der Waals surface area contributed by atoms with Crippen LogP contribution in [0, 0.1) is 12.8 Å². The normalized spacial score (nSPS) is 19.0. The zero-order valence-electron chi connectivity index (χ0n) is 19.8. The standard InChI is InChI=1S/C26H29N5O3S/c1-16-23(35-15-27-16)9-11-31-21-8-10-30(13-20(21)24(29-31)25(32)28-19-6-7-19)26(33)18-12-17-4-2-3-5-22(17)34-14-18/h2-5,15,18-19H,6-14H2,1H3,(H,28,32). The topological polar surface area (TPSA) is 89.4 Å². The van der Waals surface area contributed by atoms with Gasteiger partial charge < -0.3 is 15.0 Å². The third-order valence-corrected chi connectivity index (χ3v) is 8.19. The van der Waals surface area contributed by atoms with E-state index in [9.17, 15) is 9.59 Å². The Kier molecular flexibility index (Phi) is 5.80. The molecule has 0 radical (unpaired) electrons. The molecule has 1 aliphatic carbocycles. The Hall–Kier alpha value is -3.20. The molecule has 4 heterocycles. The van der Waals surface area contributed by atoms with Gasteiger partial charge in [-0.05, 0) is 37.8 Å². The molecule has 6 rings (SSSR count). The molecule has 0 bridgehead atoms. The van der Waals surface area contributed by atoms with Crippen molar-refractivity contribution in [1.82, 2.24) is 25.0 Å². The van der Waals surface area contributed by atoms with Gasteiger partial charge in [0.05, 0.1) is 17.1 Å². The van der Waals surface area contributed by atoms with Crippen LogP contribution in [0.5, 0.6) is 5.75 Å². The quantitative estimate of drug-likeness (QED) is 0.573. The Morgan fingerprint density at radius 3 is 2.91 bits per heavy atom. The number of fused-ring (bicyclic) bond motifs is 2. The van der Waals surface area contributed by atoms with E-state index in [0.29, 0.717) is 44.8 Å². The number of nitrogens with zero attached hydrogens (tertiary/aromatic N) is 4. The molecule has 2 aromatic heterocycles. The number of hydrogen-bond acceptors (Lipinski definition) is 6. The van der Waals surface area contributed by atoms with Crippen LogP contribution in [0.1, 0.15) is 50.7 Å². The van der Waals surface area contributed by atoms with Crippen LogP contribution in [0.25, 0.3) is 0 Å². The fourth-order valence-corrected chi connectivity index (χ4v) is 5.82. The van der Waals surface area contributed by atoms with Crippen molar-refractivity contribution in [2.45, 2.75) is 58.2 Å².